The molecule has 110 valence electrons. The Bertz CT molecular complexity index is 598. The molecule has 5 heteroatoms. The lowest BCUT2D eigenvalue weighted by atomic mass is 10.1. The molecule has 4 nitrogen and oxygen atoms in total. The molecular weight excluding hydrogens is 272 g/mol. The van der Waals surface area contributed by atoms with E-state index in [0.29, 0.717) is 11.4 Å². The van der Waals surface area contributed by atoms with Crippen LogP contribution in [0.3, 0.4) is 0 Å². The van der Waals surface area contributed by atoms with Crippen LogP contribution in [0.1, 0.15) is 30.4 Å². The van der Waals surface area contributed by atoms with Crippen LogP contribution in [0.5, 0.6) is 0 Å². The van der Waals surface area contributed by atoms with Crippen molar-refractivity contribution in [3.63, 3.8) is 0 Å². The average molecular weight is 294 g/mol. The monoisotopic (exact) mass is 294 g/mol. The second-order valence-corrected chi connectivity index (χ2v) is 7.64. The molecule has 1 aliphatic heterocycles. The number of hydrogen-bond donors (Lipinski definition) is 1. The minimum atomic E-state index is -3.34. The molecule has 20 heavy (non-hydrogen) atoms. The Labute approximate surface area is 121 Å². The number of fused-ring (bicyclic) bond motifs is 1. The molecule has 0 bridgehead atoms. The number of likely N-dealkylation sites (N-methyl/N-ethyl adjacent to an activating group) is 1. The first kappa shape index (κ1) is 14.0. The molecular formula is C15H22N2O2S. The lowest BCUT2D eigenvalue weighted by Crippen LogP contribution is -2.40. The van der Waals surface area contributed by atoms with Gasteiger partial charge in [0.2, 0.25) is 10.0 Å². The van der Waals surface area contributed by atoms with Gasteiger partial charge in [0.1, 0.15) is 0 Å². The van der Waals surface area contributed by atoms with E-state index >= 15 is 0 Å². The van der Waals surface area contributed by atoms with Crippen molar-refractivity contribution in [2.75, 3.05) is 20.1 Å². The number of aryl methyl sites for hydroxylation is 2. The Kier molecular flexibility index (Phi) is 3.84. The van der Waals surface area contributed by atoms with E-state index in [1.165, 1.54) is 11.1 Å². The highest BCUT2D eigenvalue weighted by molar-refractivity contribution is 7.89. The van der Waals surface area contributed by atoms with Crippen LogP contribution >= 0.6 is 0 Å². The third kappa shape index (κ3) is 2.38. The van der Waals surface area contributed by atoms with Crippen molar-refractivity contribution in [3.8, 4) is 0 Å². The normalized spacial score (nSPS) is 23.1. The molecule has 1 atom stereocenters. The van der Waals surface area contributed by atoms with Crippen molar-refractivity contribution in [3.05, 3.63) is 29.3 Å². The fourth-order valence-corrected chi connectivity index (χ4v) is 5.15. The van der Waals surface area contributed by atoms with Crippen LogP contribution in [-0.2, 0) is 22.9 Å². The summed E-state index contributed by atoms with van der Waals surface area (Å²) in [6.07, 6.45) is 5.15. The van der Waals surface area contributed by atoms with Crippen molar-refractivity contribution in [2.24, 2.45) is 0 Å². The molecule has 1 aromatic carbocycles. The predicted molar refractivity (Wildman–Crippen MR) is 79.3 cm³/mol. The zero-order valence-electron chi connectivity index (χ0n) is 11.9. The summed E-state index contributed by atoms with van der Waals surface area (Å²) in [7, 11) is -1.46. The first-order chi connectivity index (χ1) is 9.63. The maximum absolute atomic E-state index is 12.8. The summed E-state index contributed by atoms with van der Waals surface area (Å²) in [5.74, 6) is 0. The Balaban J connectivity index is 1.91. The van der Waals surface area contributed by atoms with E-state index in [2.05, 4.69) is 5.32 Å². The number of sulfonamides is 1. The molecule has 0 amide bonds. The molecule has 1 N–H and O–H groups in total. The number of nitrogens with zero attached hydrogens (tertiary/aromatic N) is 1. The first-order valence-electron chi connectivity index (χ1n) is 7.41. The van der Waals surface area contributed by atoms with Crippen LogP contribution in [0.15, 0.2) is 23.1 Å². The Morgan fingerprint density at radius 3 is 2.85 bits per heavy atom. The van der Waals surface area contributed by atoms with Crippen LogP contribution in [0.25, 0.3) is 0 Å². The zero-order valence-corrected chi connectivity index (χ0v) is 12.7. The van der Waals surface area contributed by atoms with E-state index in [0.717, 1.165) is 38.6 Å². The van der Waals surface area contributed by atoms with Crippen LogP contribution in [-0.4, -0.2) is 38.9 Å². The second kappa shape index (κ2) is 5.47. The standard InChI is InChI=1S/C15H22N2O2S/c1-16-11-14-6-3-9-17(14)20(18,19)15-8-7-12-4-2-5-13(12)10-15/h7-8,10,14,16H,2-6,9,11H2,1H3. The van der Waals surface area contributed by atoms with Crippen molar-refractivity contribution in [1.29, 1.82) is 0 Å². The van der Waals surface area contributed by atoms with E-state index in [1.54, 1.807) is 10.4 Å². The zero-order chi connectivity index (χ0) is 14.2. The van der Waals surface area contributed by atoms with E-state index in [-0.39, 0.29) is 6.04 Å². The highest BCUT2D eigenvalue weighted by atomic mass is 32.2. The Morgan fingerprint density at radius 2 is 2.05 bits per heavy atom. The molecule has 0 aromatic heterocycles. The van der Waals surface area contributed by atoms with Gasteiger partial charge < -0.3 is 5.32 Å². The number of rotatable bonds is 4. The highest BCUT2D eigenvalue weighted by Gasteiger charge is 2.35. The maximum Gasteiger partial charge on any atom is 0.243 e. The predicted octanol–water partition coefficient (Wildman–Crippen LogP) is 1.55. The molecule has 1 heterocycles. The smallest absolute Gasteiger partial charge is 0.243 e. The van der Waals surface area contributed by atoms with Gasteiger partial charge >= 0.3 is 0 Å². The Morgan fingerprint density at radius 1 is 1.25 bits per heavy atom. The van der Waals surface area contributed by atoms with Gasteiger partial charge in [-0.05, 0) is 62.4 Å². The molecule has 1 saturated heterocycles. The second-order valence-electron chi connectivity index (χ2n) is 5.75. The van der Waals surface area contributed by atoms with Crippen LogP contribution in [0.4, 0.5) is 0 Å². The van der Waals surface area contributed by atoms with E-state index < -0.39 is 10.0 Å². The number of nitrogens with one attached hydrogen (secondary N) is 1. The lowest BCUT2D eigenvalue weighted by Gasteiger charge is -2.24. The summed E-state index contributed by atoms with van der Waals surface area (Å²) in [4.78, 5) is 0.473. The molecule has 0 spiro atoms. The third-order valence-electron chi connectivity index (χ3n) is 4.44. The van der Waals surface area contributed by atoms with Crippen molar-refractivity contribution in [2.45, 2.75) is 43.0 Å². The minimum Gasteiger partial charge on any atom is -0.318 e. The maximum atomic E-state index is 12.8. The van der Waals surface area contributed by atoms with E-state index in [9.17, 15) is 8.42 Å². The van der Waals surface area contributed by atoms with Gasteiger partial charge in [0.25, 0.3) is 0 Å². The quantitative estimate of drug-likeness (QED) is 0.916. The van der Waals surface area contributed by atoms with Crippen molar-refractivity contribution in [1.82, 2.24) is 9.62 Å². The molecule has 0 radical (unpaired) electrons. The molecule has 1 aromatic rings. The summed E-state index contributed by atoms with van der Waals surface area (Å²) in [5, 5.41) is 3.10. The highest BCUT2D eigenvalue weighted by Crippen LogP contribution is 2.29. The summed E-state index contributed by atoms with van der Waals surface area (Å²) in [5.41, 5.74) is 2.53. The Hall–Kier alpha value is -0.910. The van der Waals surface area contributed by atoms with Gasteiger partial charge in [0.05, 0.1) is 4.90 Å². The van der Waals surface area contributed by atoms with E-state index in [4.69, 9.17) is 0 Å². The summed E-state index contributed by atoms with van der Waals surface area (Å²) < 4.78 is 27.3. The largest absolute Gasteiger partial charge is 0.318 e. The fraction of sp³-hybridized carbons (Fsp3) is 0.600. The summed E-state index contributed by atoms with van der Waals surface area (Å²) >= 11 is 0. The van der Waals surface area contributed by atoms with Crippen molar-refractivity contribution < 1.29 is 8.42 Å². The molecule has 1 fully saturated rings. The van der Waals surface area contributed by atoms with Crippen molar-refractivity contribution >= 4 is 10.0 Å². The van der Waals surface area contributed by atoms with Gasteiger partial charge in [0.15, 0.2) is 0 Å². The van der Waals surface area contributed by atoms with Gasteiger partial charge in [-0.1, -0.05) is 6.07 Å². The van der Waals surface area contributed by atoms with Gasteiger partial charge in [-0.15, -0.1) is 0 Å². The molecule has 3 rings (SSSR count). The SMILES string of the molecule is CNCC1CCCN1S(=O)(=O)c1ccc2c(c1)CCC2. The lowest BCUT2D eigenvalue weighted by molar-refractivity contribution is 0.379. The van der Waals surface area contributed by atoms with Crippen LogP contribution < -0.4 is 5.32 Å². The van der Waals surface area contributed by atoms with E-state index in [1.807, 2.05) is 19.2 Å². The van der Waals surface area contributed by atoms with Gasteiger partial charge in [-0.2, -0.15) is 4.31 Å². The molecule has 0 saturated carbocycles. The fourth-order valence-electron chi connectivity index (χ4n) is 3.41. The summed E-state index contributed by atoms with van der Waals surface area (Å²) in [6, 6.07) is 5.78. The van der Waals surface area contributed by atoms with Crippen LogP contribution in [0, 0.1) is 0 Å². The van der Waals surface area contributed by atoms with Gasteiger partial charge in [-0.3, -0.25) is 0 Å². The minimum absolute atomic E-state index is 0.0956. The molecule has 1 unspecified atom stereocenters. The number of hydrogen-bond acceptors (Lipinski definition) is 3. The van der Waals surface area contributed by atoms with Gasteiger partial charge in [-0.25, -0.2) is 8.42 Å². The number of benzene rings is 1. The molecule has 1 aliphatic carbocycles. The topological polar surface area (TPSA) is 49.4 Å². The van der Waals surface area contributed by atoms with Gasteiger partial charge in [0, 0.05) is 19.1 Å². The van der Waals surface area contributed by atoms with Crippen LogP contribution in [0.2, 0.25) is 0 Å². The molecule has 2 aliphatic rings. The summed E-state index contributed by atoms with van der Waals surface area (Å²) in [6.45, 7) is 1.37. The first-order valence-corrected chi connectivity index (χ1v) is 8.85. The third-order valence-corrected chi connectivity index (χ3v) is 6.39. The average Bonchev–Trinajstić information content (AvgIpc) is 3.06.